The fraction of sp³-hybridized carbons (Fsp3) is 0.600. The summed E-state index contributed by atoms with van der Waals surface area (Å²) in [4.78, 5) is 69.4. The Labute approximate surface area is 170 Å². The summed E-state index contributed by atoms with van der Waals surface area (Å²) in [5, 5.41) is 28.6. The van der Waals surface area contributed by atoms with Crippen LogP contribution in [0.2, 0.25) is 0 Å². The van der Waals surface area contributed by atoms with Gasteiger partial charge in [-0.1, -0.05) is 0 Å². The Morgan fingerprint density at radius 3 is 1.79 bits per heavy atom. The van der Waals surface area contributed by atoms with E-state index in [-0.39, 0.29) is 25.0 Å². The molecule has 0 aliphatic carbocycles. The number of nitrogens with two attached hydrogens (primary N) is 2. The fourth-order valence-corrected chi connectivity index (χ4v) is 2.26. The van der Waals surface area contributed by atoms with Crippen LogP contribution in [0.15, 0.2) is 0 Å². The van der Waals surface area contributed by atoms with Crippen LogP contribution in [0.5, 0.6) is 0 Å². The summed E-state index contributed by atoms with van der Waals surface area (Å²) in [7, 11) is 0. The van der Waals surface area contributed by atoms with Crippen molar-refractivity contribution in [3.8, 4) is 0 Å². The summed E-state index contributed by atoms with van der Waals surface area (Å²) >= 11 is 3.90. The lowest BCUT2D eigenvalue weighted by Gasteiger charge is -2.25. The number of hydrogen-bond donors (Lipinski definition) is 7. The lowest BCUT2D eigenvalue weighted by molar-refractivity contribution is -0.154. The molecular formula is C15H24N4O9S. The maximum atomic E-state index is 12.5. The van der Waals surface area contributed by atoms with E-state index in [1.807, 2.05) is 0 Å². The number of nitrogens with zero attached hydrogens (tertiary/aromatic N) is 1. The molecule has 0 saturated heterocycles. The van der Waals surface area contributed by atoms with Gasteiger partial charge in [0.2, 0.25) is 11.8 Å². The average Bonchev–Trinajstić information content (AvgIpc) is 2.65. The van der Waals surface area contributed by atoms with Gasteiger partial charge in [-0.15, -0.1) is 0 Å². The third-order valence-corrected chi connectivity index (χ3v) is 4.03. The lowest BCUT2D eigenvalue weighted by atomic mass is 10.1. The van der Waals surface area contributed by atoms with Crippen LogP contribution in [0.25, 0.3) is 0 Å². The number of amides is 3. The first kappa shape index (κ1) is 26.3. The fourth-order valence-electron chi connectivity index (χ4n) is 2.01. The topological polar surface area (TPSA) is 230 Å². The predicted octanol–water partition coefficient (Wildman–Crippen LogP) is -2.77. The average molecular weight is 436 g/mol. The van der Waals surface area contributed by atoms with Crippen LogP contribution in [0, 0.1) is 0 Å². The van der Waals surface area contributed by atoms with Crippen molar-refractivity contribution in [2.45, 2.75) is 43.8 Å². The number of carbonyl (C=O) groups is 6. The molecule has 0 fully saturated rings. The number of rotatable bonds is 13. The smallest absolute Gasteiger partial charge is 0.323 e. The molecule has 3 atom stereocenters. The number of hydrogen-bond acceptors (Lipinski definition) is 9. The standard InChI is InChI=1S/C15H24N4O9S/c16-7(14(25)26)1-3-10(20)18-9(6-29)13(24)19(5-12(22)23)11(21)4-2-8(17)15(27)28/h7-9,29H,1-6,16-17H2,(H,18,20)(H,22,23)(H,25,26)(H,27,28)/t7-,8-,9-/m0/s1. The third-order valence-electron chi connectivity index (χ3n) is 3.66. The Balaban J connectivity index is 5.10. The quantitative estimate of drug-likeness (QED) is 0.146. The SMILES string of the molecule is N[C@@H](CCC(=O)N[C@@H](CS)C(=O)N(CC(=O)O)C(=O)CC[C@H](N)C(=O)O)C(=O)O. The molecule has 0 aliphatic heterocycles. The van der Waals surface area contributed by atoms with E-state index in [2.05, 4.69) is 17.9 Å². The van der Waals surface area contributed by atoms with Crippen molar-refractivity contribution in [3.05, 3.63) is 0 Å². The van der Waals surface area contributed by atoms with Crippen molar-refractivity contribution >= 4 is 48.3 Å². The maximum absolute atomic E-state index is 12.5. The van der Waals surface area contributed by atoms with E-state index in [1.54, 1.807) is 0 Å². The van der Waals surface area contributed by atoms with E-state index < -0.39 is 66.7 Å². The van der Waals surface area contributed by atoms with Crippen LogP contribution in [-0.2, 0) is 28.8 Å². The summed E-state index contributed by atoms with van der Waals surface area (Å²) in [6, 6.07) is -4.03. The van der Waals surface area contributed by atoms with Crippen molar-refractivity contribution in [3.63, 3.8) is 0 Å². The molecule has 14 heteroatoms. The van der Waals surface area contributed by atoms with Gasteiger partial charge in [0.25, 0.3) is 5.91 Å². The first-order chi connectivity index (χ1) is 13.4. The number of aliphatic carboxylic acids is 3. The largest absolute Gasteiger partial charge is 0.480 e. The molecule has 13 nitrogen and oxygen atoms in total. The second-order valence-corrected chi connectivity index (χ2v) is 6.35. The van der Waals surface area contributed by atoms with Gasteiger partial charge in [0.15, 0.2) is 0 Å². The Bertz CT molecular complexity index is 658. The minimum atomic E-state index is -1.51. The van der Waals surface area contributed by atoms with Gasteiger partial charge < -0.3 is 32.1 Å². The monoisotopic (exact) mass is 436 g/mol. The second-order valence-electron chi connectivity index (χ2n) is 5.98. The normalized spacial score (nSPS) is 13.6. The Morgan fingerprint density at radius 2 is 1.38 bits per heavy atom. The lowest BCUT2D eigenvalue weighted by Crippen LogP contribution is -2.53. The third kappa shape index (κ3) is 9.87. The first-order valence-electron chi connectivity index (χ1n) is 8.33. The molecule has 0 aliphatic rings. The summed E-state index contributed by atoms with van der Waals surface area (Å²) in [6.45, 7) is -1.01. The van der Waals surface area contributed by atoms with Crippen LogP contribution in [0.1, 0.15) is 25.7 Å². The van der Waals surface area contributed by atoms with Gasteiger partial charge in [-0.05, 0) is 12.8 Å². The summed E-state index contributed by atoms with van der Waals surface area (Å²) < 4.78 is 0. The van der Waals surface area contributed by atoms with Gasteiger partial charge in [-0.3, -0.25) is 33.7 Å². The number of thiol groups is 1. The van der Waals surface area contributed by atoms with Crippen molar-refractivity contribution in [1.29, 1.82) is 0 Å². The van der Waals surface area contributed by atoms with Crippen LogP contribution >= 0.6 is 12.6 Å². The van der Waals surface area contributed by atoms with Gasteiger partial charge in [-0.25, -0.2) is 0 Å². The van der Waals surface area contributed by atoms with Crippen molar-refractivity contribution in [2.24, 2.45) is 11.5 Å². The van der Waals surface area contributed by atoms with Gasteiger partial charge in [0.1, 0.15) is 24.7 Å². The molecule has 29 heavy (non-hydrogen) atoms. The predicted molar refractivity (Wildman–Crippen MR) is 99.8 cm³/mol. The molecule has 0 spiro atoms. The molecule has 8 N–H and O–H groups in total. The number of carboxylic acids is 3. The molecule has 0 heterocycles. The summed E-state index contributed by atoms with van der Waals surface area (Å²) in [6.07, 6.45) is -1.37. The Hall–Kier alpha value is -2.71. The maximum Gasteiger partial charge on any atom is 0.323 e. The molecule has 0 aromatic heterocycles. The minimum Gasteiger partial charge on any atom is -0.480 e. The molecular weight excluding hydrogens is 412 g/mol. The van der Waals surface area contributed by atoms with Gasteiger partial charge in [0.05, 0.1) is 0 Å². The van der Waals surface area contributed by atoms with Crippen LogP contribution < -0.4 is 16.8 Å². The summed E-state index contributed by atoms with van der Waals surface area (Å²) in [5.74, 6) is -7.26. The molecule has 164 valence electrons. The molecule has 0 aromatic carbocycles. The van der Waals surface area contributed by atoms with E-state index >= 15 is 0 Å². The molecule has 0 bridgehead atoms. The Kier molecular flexibility index (Phi) is 11.5. The number of carboxylic acid groups (broad SMARTS) is 3. The molecule has 0 rings (SSSR count). The van der Waals surface area contributed by atoms with Gasteiger partial charge in [-0.2, -0.15) is 12.6 Å². The highest BCUT2D eigenvalue weighted by Crippen LogP contribution is 2.06. The van der Waals surface area contributed by atoms with E-state index in [9.17, 15) is 28.8 Å². The molecule has 0 radical (unpaired) electrons. The Morgan fingerprint density at radius 1 is 0.897 bits per heavy atom. The van der Waals surface area contributed by atoms with Gasteiger partial charge in [0, 0.05) is 18.6 Å². The number of carbonyl (C=O) groups excluding carboxylic acids is 3. The van der Waals surface area contributed by atoms with E-state index in [0.717, 1.165) is 0 Å². The van der Waals surface area contributed by atoms with E-state index in [0.29, 0.717) is 4.90 Å². The van der Waals surface area contributed by atoms with Crippen molar-refractivity contribution in [1.82, 2.24) is 10.2 Å². The van der Waals surface area contributed by atoms with E-state index in [4.69, 9.17) is 26.8 Å². The first-order valence-corrected chi connectivity index (χ1v) is 8.96. The number of imide groups is 1. The van der Waals surface area contributed by atoms with Gasteiger partial charge >= 0.3 is 17.9 Å². The van der Waals surface area contributed by atoms with Crippen LogP contribution in [-0.4, -0.2) is 86.3 Å². The highest BCUT2D eigenvalue weighted by atomic mass is 32.1. The van der Waals surface area contributed by atoms with Crippen molar-refractivity contribution in [2.75, 3.05) is 12.3 Å². The van der Waals surface area contributed by atoms with Crippen LogP contribution in [0.3, 0.4) is 0 Å². The zero-order valence-corrected chi connectivity index (χ0v) is 16.2. The summed E-state index contributed by atoms with van der Waals surface area (Å²) in [5.41, 5.74) is 10.6. The molecule has 0 saturated carbocycles. The number of nitrogens with one attached hydrogen (secondary N) is 1. The highest BCUT2D eigenvalue weighted by molar-refractivity contribution is 7.80. The highest BCUT2D eigenvalue weighted by Gasteiger charge is 2.31. The zero-order valence-electron chi connectivity index (χ0n) is 15.3. The van der Waals surface area contributed by atoms with Crippen LogP contribution in [0.4, 0.5) is 0 Å². The second kappa shape index (κ2) is 12.7. The van der Waals surface area contributed by atoms with E-state index in [1.165, 1.54) is 0 Å². The molecule has 0 unspecified atom stereocenters. The molecule has 3 amide bonds. The van der Waals surface area contributed by atoms with Crippen molar-refractivity contribution < 1.29 is 44.1 Å². The molecule has 0 aromatic rings. The minimum absolute atomic E-state index is 0.209. The zero-order chi connectivity index (χ0) is 22.7.